The highest BCUT2D eigenvalue weighted by Gasteiger charge is 2.48. The zero-order valence-electron chi connectivity index (χ0n) is 17.7. The minimum absolute atomic E-state index is 0.0514. The number of urea groups is 1. The number of likely N-dealkylation sites (N-methyl/N-ethyl adjacent to an activating group) is 1. The molecule has 2 fully saturated rings. The Labute approximate surface area is 172 Å². The number of rotatable bonds is 5. The summed E-state index contributed by atoms with van der Waals surface area (Å²) in [7, 11) is 1.73. The molecule has 4 amide bonds. The predicted molar refractivity (Wildman–Crippen MR) is 109 cm³/mol. The van der Waals surface area contributed by atoms with Gasteiger partial charge in [0.1, 0.15) is 12.2 Å². The van der Waals surface area contributed by atoms with E-state index in [2.05, 4.69) is 19.2 Å². The summed E-state index contributed by atoms with van der Waals surface area (Å²) in [6.45, 7) is 7.40. The minimum Gasteiger partial charge on any atom is -0.337 e. The summed E-state index contributed by atoms with van der Waals surface area (Å²) in [6.07, 6.45) is 0.381. The fourth-order valence-corrected chi connectivity index (χ4v) is 3.94. The van der Waals surface area contributed by atoms with Gasteiger partial charge in [-0.25, -0.2) is 14.8 Å². The van der Waals surface area contributed by atoms with Crippen LogP contribution in [0.4, 0.5) is 4.79 Å². The summed E-state index contributed by atoms with van der Waals surface area (Å²) >= 11 is 0. The van der Waals surface area contributed by atoms with Crippen LogP contribution in [0.25, 0.3) is 0 Å². The molecule has 0 aliphatic carbocycles. The van der Waals surface area contributed by atoms with Gasteiger partial charge in [0.05, 0.1) is 13.1 Å². The molecule has 158 valence electrons. The molecule has 2 heterocycles. The Morgan fingerprint density at radius 3 is 2.55 bits per heavy atom. The zero-order valence-corrected chi connectivity index (χ0v) is 17.7. The molecule has 1 N–H and O–H groups in total. The minimum atomic E-state index is -0.577. The van der Waals surface area contributed by atoms with E-state index in [4.69, 9.17) is 0 Å². The third-order valence-electron chi connectivity index (χ3n) is 5.56. The molecule has 2 aliphatic heterocycles. The molecule has 0 bridgehead atoms. The quantitative estimate of drug-likeness (QED) is 0.811. The van der Waals surface area contributed by atoms with E-state index >= 15 is 0 Å². The molecule has 8 heteroatoms. The van der Waals surface area contributed by atoms with Crippen molar-refractivity contribution in [1.29, 1.82) is 0 Å². The maximum atomic E-state index is 13.0. The largest absolute Gasteiger partial charge is 0.337 e. The van der Waals surface area contributed by atoms with Crippen molar-refractivity contribution < 1.29 is 14.4 Å². The van der Waals surface area contributed by atoms with Gasteiger partial charge in [0.15, 0.2) is 0 Å². The van der Waals surface area contributed by atoms with Crippen LogP contribution in [0.15, 0.2) is 30.3 Å². The lowest BCUT2D eigenvalue weighted by molar-refractivity contribution is -0.185. The highest BCUT2D eigenvalue weighted by atomic mass is 16.2. The number of fused-ring (bicyclic) bond motifs is 1. The number of carbonyl (C=O) groups excluding carboxylic acids is 3. The smallest absolute Gasteiger partial charge is 0.334 e. The van der Waals surface area contributed by atoms with Crippen LogP contribution in [0, 0.1) is 5.92 Å². The lowest BCUT2D eigenvalue weighted by Gasteiger charge is -2.53. The van der Waals surface area contributed by atoms with E-state index in [9.17, 15) is 14.4 Å². The fourth-order valence-electron chi connectivity index (χ4n) is 3.94. The van der Waals surface area contributed by atoms with Crippen molar-refractivity contribution in [3.8, 4) is 0 Å². The van der Waals surface area contributed by atoms with E-state index in [1.807, 2.05) is 30.3 Å². The highest BCUT2D eigenvalue weighted by Crippen LogP contribution is 2.26. The Hall–Kier alpha value is -2.61. The number of benzene rings is 1. The van der Waals surface area contributed by atoms with Gasteiger partial charge in [-0.15, -0.1) is 0 Å². The van der Waals surface area contributed by atoms with Crippen LogP contribution >= 0.6 is 0 Å². The van der Waals surface area contributed by atoms with Crippen molar-refractivity contribution in [2.24, 2.45) is 5.92 Å². The van der Waals surface area contributed by atoms with Gasteiger partial charge in [0.25, 0.3) is 0 Å². The van der Waals surface area contributed by atoms with E-state index in [0.717, 1.165) is 12.0 Å². The van der Waals surface area contributed by atoms with E-state index in [1.165, 1.54) is 0 Å². The van der Waals surface area contributed by atoms with Crippen molar-refractivity contribution in [1.82, 2.24) is 25.1 Å². The standard InChI is InChI=1S/C21H31N5O3/c1-15(2)10-11-24-13-18-25(16(3)20(24)28)19(27)14-23(4)26(18)21(29)22-12-17-8-6-5-7-9-17/h5-9,15-16,18H,10-14H2,1-4H3,(H,22,29)/t16-,18-/m0/s1. The van der Waals surface area contributed by atoms with Gasteiger partial charge in [-0.2, -0.15) is 0 Å². The lowest BCUT2D eigenvalue weighted by Crippen LogP contribution is -2.75. The molecule has 0 spiro atoms. The molecule has 3 rings (SSSR count). The molecule has 0 saturated carbocycles. The number of nitrogens with one attached hydrogen (secondary N) is 1. The molecular weight excluding hydrogens is 370 g/mol. The molecule has 2 aliphatic rings. The van der Waals surface area contributed by atoms with Gasteiger partial charge in [-0.05, 0) is 24.8 Å². The molecule has 0 radical (unpaired) electrons. The molecule has 1 aromatic carbocycles. The maximum Gasteiger partial charge on any atom is 0.334 e. The van der Waals surface area contributed by atoms with Crippen molar-refractivity contribution in [3.63, 3.8) is 0 Å². The number of hydrogen-bond donors (Lipinski definition) is 1. The first-order valence-corrected chi connectivity index (χ1v) is 10.2. The summed E-state index contributed by atoms with van der Waals surface area (Å²) in [5, 5.41) is 6.17. The second kappa shape index (κ2) is 8.82. The second-order valence-corrected chi connectivity index (χ2v) is 8.23. The molecule has 2 atom stereocenters. The summed E-state index contributed by atoms with van der Waals surface area (Å²) < 4.78 is 0. The Kier molecular flexibility index (Phi) is 6.42. The van der Waals surface area contributed by atoms with Crippen molar-refractivity contribution in [2.75, 3.05) is 26.7 Å². The van der Waals surface area contributed by atoms with Crippen LogP contribution in [-0.2, 0) is 16.1 Å². The first-order valence-electron chi connectivity index (χ1n) is 10.2. The number of amides is 4. The number of hydrogen-bond acceptors (Lipinski definition) is 4. The molecule has 1 aromatic rings. The topological polar surface area (TPSA) is 76.2 Å². The van der Waals surface area contributed by atoms with Crippen LogP contribution in [0.5, 0.6) is 0 Å². The average Bonchev–Trinajstić information content (AvgIpc) is 2.68. The average molecular weight is 402 g/mol. The normalized spacial score (nSPS) is 22.9. The maximum absolute atomic E-state index is 13.0. The van der Waals surface area contributed by atoms with Crippen LogP contribution in [0.2, 0.25) is 0 Å². The molecule has 8 nitrogen and oxygen atoms in total. The van der Waals surface area contributed by atoms with Gasteiger partial charge >= 0.3 is 6.03 Å². The predicted octanol–water partition coefficient (Wildman–Crippen LogP) is 1.49. The van der Waals surface area contributed by atoms with E-state index < -0.39 is 12.2 Å². The molecule has 2 saturated heterocycles. The van der Waals surface area contributed by atoms with Gasteiger partial charge in [0, 0.05) is 20.1 Å². The zero-order chi connectivity index (χ0) is 21.1. The van der Waals surface area contributed by atoms with Crippen LogP contribution in [0.1, 0.15) is 32.8 Å². The van der Waals surface area contributed by atoms with Crippen molar-refractivity contribution in [2.45, 2.75) is 45.9 Å². The van der Waals surface area contributed by atoms with E-state index in [1.54, 1.807) is 33.8 Å². The third kappa shape index (κ3) is 4.53. The second-order valence-electron chi connectivity index (χ2n) is 8.23. The van der Waals surface area contributed by atoms with Crippen LogP contribution in [-0.4, -0.2) is 76.6 Å². The Balaban J connectivity index is 1.77. The monoisotopic (exact) mass is 401 g/mol. The summed E-state index contributed by atoms with van der Waals surface area (Å²) in [4.78, 5) is 41.9. The number of carbonyl (C=O) groups is 3. The Morgan fingerprint density at radius 2 is 1.90 bits per heavy atom. The van der Waals surface area contributed by atoms with Crippen LogP contribution < -0.4 is 5.32 Å². The summed E-state index contributed by atoms with van der Waals surface area (Å²) in [5.74, 6) is 0.287. The molecular formula is C21H31N5O3. The first kappa shape index (κ1) is 21.1. The molecule has 0 unspecified atom stereocenters. The van der Waals surface area contributed by atoms with Crippen LogP contribution in [0.3, 0.4) is 0 Å². The number of hydrazine groups is 1. The Bertz CT molecular complexity index is 754. The summed E-state index contributed by atoms with van der Waals surface area (Å²) in [6, 6.07) is 8.83. The third-order valence-corrected chi connectivity index (χ3v) is 5.56. The molecule has 29 heavy (non-hydrogen) atoms. The number of piperazine rings is 1. The fraction of sp³-hybridized carbons (Fsp3) is 0.571. The highest BCUT2D eigenvalue weighted by molar-refractivity contribution is 5.91. The van der Waals surface area contributed by atoms with Crippen molar-refractivity contribution in [3.05, 3.63) is 35.9 Å². The number of nitrogens with zero attached hydrogens (tertiary/aromatic N) is 4. The van der Waals surface area contributed by atoms with Gasteiger partial charge in [0.2, 0.25) is 11.8 Å². The molecule has 0 aromatic heterocycles. The van der Waals surface area contributed by atoms with Gasteiger partial charge in [-0.1, -0.05) is 44.2 Å². The lowest BCUT2D eigenvalue weighted by atomic mass is 10.1. The first-order chi connectivity index (χ1) is 13.8. The van der Waals surface area contributed by atoms with Gasteiger partial charge in [-0.3, -0.25) is 9.59 Å². The SMILES string of the molecule is CC(C)CCN1C[C@H]2N(C(=O)CN(C)N2C(=O)NCc2ccccc2)[C@@H](C)C1=O. The summed E-state index contributed by atoms with van der Waals surface area (Å²) in [5.41, 5.74) is 0.999. The van der Waals surface area contributed by atoms with Crippen molar-refractivity contribution >= 4 is 17.8 Å². The van der Waals surface area contributed by atoms with Gasteiger partial charge < -0.3 is 15.1 Å². The van der Waals surface area contributed by atoms with E-state index in [-0.39, 0.29) is 24.4 Å². The Morgan fingerprint density at radius 1 is 1.21 bits per heavy atom. The van der Waals surface area contributed by atoms with E-state index in [0.29, 0.717) is 25.6 Å².